The molecule has 0 fully saturated rings. The zero-order chi connectivity index (χ0) is 15.1. The van der Waals surface area contributed by atoms with Gasteiger partial charge in [0.15, 0.2) is 0 Å². The zero-order valence-electron chi connectivity index (χ0n) is 12.9. The van der Waals surface area contributed by atoms with E-state index in [1.165, 1.54) is 0 Å². The average Bonchev–Trinajstić information content (AvgIpc) is 2.12. The summed E-state index contributed by atoms with van der Waals surface area (Å²) in [7, 11) is -6.03. The van der Waals surface area contributed by atoms with Gasteiger partial charge in [-0.3, -0.25) is 0 Å². The molecule has 0 unspecified atom stereocenters. The Kier molecular flexibility index (Phi) is 4.35. The van der Waals surface area contributed by atoms with Crippen LogP contribution in [0.25, 0.3) is 0 Å². The minimum absolute atomic E-state index is 0.140. The highest BCUT2D eigenvalue weighted by molar-refractivity contribution is 7.87. The Morgan fingerprint density at radius 3 is 2.05 bits per heavy atom. The molecule has 5 heteroatoms. The van der Waals surface area contributed by atoms with Gasteiger partial charge in [-0.2, -0.15) is 8.42 Å². The van der Waals surface area contributed by atoms with Crippen LogP contribution in [0.15, 0.2) is 23.1 Å². The Bertz CT molecular complexity index is 569. The average molecular weight is 300 g/mol. The number of benzene rings is 1. The monoisotopic (exact) mass is 300 g/mol. The Balaban J connectivity index is 3.20. The highest BCUT2D eigenvalue weighted by Gasteiger charge is 2.42. The predicted octanol–water partition coefficient (Wildman–Crippen LogP) is 4.01. The van der Waals surface area contributed by atoms with E-state index in [-0.39, 0.29) is 9.93 Å². The fourth-order valence-corrected chi connectivity index (χ4v) is 5.77. The molecule has 0 N–H and O–H groups in total. The minimum atomic E-state index is -3.69. The molecule has 0 radical (unpaired) electrons. The summed E-state index contributed by atoms with van der Waals surface area (Å²) in [6, 6.07) is 5.30. The van der Waals surface area contributed by atoms with Gasteiger partial charge in [-0.1, -0.05) is 38.5 Å². The molecule has 0 bridgehead atoms. The van der Waals surface area contributed by atoms with Crippen molar-refractivity contribution < 1.29 is 12.3 Å². The molecule has 0 aliphatic heterocycles. The maximum absolute atomic E-state index is 12.4. The van der Waals surface area contributed by atoms with Crippen LogP contribution in [0.5, 0.6) is 0 Å². The lowest BCUT2D eigenvalue weighted by Crippen LogP contribution is -2.42. The van der Waals surface area contributed by atoms with Crippen molar-refractivity contribution in [2.75, 3.05) is 0 Å². The summed E-state index contributed by atoms with van der Waals surface area (Å²) in [6.07, 6.45) is 0. The van der Waals surface area contributed by atoms with E-state index >= 15 is 0 Å². The normalized spacial score (nSPS) is 13.6. The second-order valence-electron chi connectivity index (χ2n) is 6.57. The van der Waals surface area contributed by atoms with Gasteiger partial charge >= 0.3 is 0 Å². The van der Waals surface area contributed by atoms with Crippen LogP contribution < -0.4 is 0 Å². The summed E-state index contributed by atoms with van der Waals surface area (Å²) in [6.45, 7) is 13.7. The van der Waals surface area contributed by atoms with Crippen molar-refractivity contribution in [1.29, 1.82) is 0 Å². The lowest BCUT2D eigenvalue weighted by atomic mass is 10.2. The molecule has 0 aromatic heterocycles. The van der Waals surface area contributed by atoms with Crippen LogP contribution in [0.2, 0.25) is 18.1 Å². The summed E-state index contributed by atoms with van der Waals surface area (Å²) < 4.78 is 30.5. The van der Waals surface area contributed by atoms with Gasteiger partial charge in [0, 0.05) is 0 Å². The van der Waals surface area contributed by atoms with Crippen LogP contribution in [0.3, 0.4) is 0 Å². The minimum Gasteiger partial charge on any atom is -0.311 e. The second kappa shape index (κ2) is 5.03. The molecule has 108 valence electrons. The predicted molar refractivity (Wildman–Crippen MR) is 81.4 cm³/mol. The van der Waals surface area contributed by atoms with Gasteiger partial charge in [-0.25, -0.2) is 0 Å². The van der Waals surface area contributed by atoms with E-state index in [0.29, 0.717) is 0 Å². The van der Waals surface area contributed by atoms with Gasteiger partial charge in [0.2, 0.25) is 8.32 Å². The van der Waals surface area contributed by atoms with E-state index in [4.69, 9.17) is 3.87 Å². The van der Waals surface area contributed by atoms with Crippen LogP contribution in [-0.2, 0) is 14.0 Å². The molecular formula is C14H24O3SSi. The van der Waals surface area contributed by atoms with E-state index in [1.807, 2.05) is 46.9 Å². The van der Waals surface area contributed by atoms with Gasteiger partial charge in [-0.15, -0.1) is 0 Å². The van der Waals surface area contributed by atoms with E-state index in [0.717, 1.165) is 11.1 Å². The Labute approximate surface area is 118 Å². The number of hydrogen-bond acceptors (Lipinski definition) is 3. The lowest BCUT2D eigenvalue weighted by molar-refractivity contribution is 0.456. The number of hydrogen-bond donors (Lipinski definition) is 0. The van der Waals surface area contributed by atoms with Gasteiger partial charge in [0.1, 0.15) is 0 Å². The molecule has 0 amide bonds. The standard InChI is InChI=1S/C14H24O3SSi/c1-11-8-9-13(12(2)10-11)18(15,16)17-19(6,7)14(3,4)5/h8-10H,1-7H3. The molecule has 0 atom stereocenters. The van der Waals surface area contributed by atoms with E-state index in [2.05, 4.69) is 0 Å². The van der Waals surface area contributed by atoms with Crippen LogP contribution in [0.4, 0.5) is 0 Å². The SMILES string of the molecule is Cc1ccc(S(=O)(=O)O[Si](C)(C)C(C)(C)C)c(C)c1. The van der Waals surface area contributed by atoms with Crippen LogP contribution in [0.1, 0.15) is 31.9 Å². The third-order valence-electron chi connectivity index (χ3n) is 3.72. The van der Waals surface area contributed by atoms with Crippen molar-refractivity contribution in [2.24, 2.45) is 0 Å². The molecule has 0 aliphatic rings. The van der Waals surface area contributed by atoms with Crippen molar-refractivity contribution in [1.82, 2.24) is 0 Å². The molecule has 0 aliphatic carbocycles. The molecule has 1 aromatic carbocycles. The number of aryl methyl sites for hydroxylation is 2. The van der Waals surface area contributed by atoms with Crippen molar-refractivity contribution in [3.05, 3.63) is 29.3 Å². The van der Waals surface area contributed by atoms with Crippen molar-refractivity contribution >= 4 is 18.4 Å². The quantitative estimate of drug-likeness (QED) is 0.792. The van der Waals surface area contributed by atoms with Gasteiger partial charge in [-0.05, 0) is 43.6 Å². The van der Waals surface area contributed by atoms with Crippen molar-refractivity contribution in [3.8, 4) is 0 Å². The van der Waals surface area contributed by atoms with Crippen molar-refractivity contribution in [2.45, 2.75) is 57.6 Å². The largest absolute Gasteiger partial charge is 0.311 e. The molecule has 1 rings (SSSR count). The summed E-state index contributed by atoms with van der Waals surface area (Å²) in [4.78, 5) is 0.280. The fourth-order valence-electron chi connectivity index (χ4n) is 1.52. The van der Waals surface area contributed by atoms with Gasteiger partial charge < -0.3 is 3.87 Å². The second-order valence-corrected chi connectivity index (χ2v) is 13.1. The van der Waals surface area contributed by atoms with Crippen LogP contribution >= 0.6 is 0 Å². The third-order valence-corrected chi connectivity index (χ3v) is 10.9. The molecule has 0 saturated carbocycles. The number of rotatable bonds is 3. The Morgan fingerprint density at radius 1 is 1.11 bits per heavy atom. The molecule has 0 heterocycles. The highest BCUT2D eigenvalue weighted by atomic mass is 32.2. The Morgan fingerprint density at radius 2 is 1.63 bits per heavy atom. The molecule has 1 aromatic rings. The summed E-state index contributed by atoms with van der Waals surface area (Å²) in [5.74, 6) is 0. The molecule has 3 nitrogen and oxygen atoms in total. The first kappa shape index (κ1) is 16.4. The van der Waals surface area contributed by atoms with Crippen molar-refractivity contribution in [3.63, 3.8) is 0 Å². The summed E-state index contributed by atoms with van der Waals surface area (Å²) >= 11 is 0. The van der Waals surface area contributed by atoms with E-state index < -0.39 is 18.4 Å². The zero-order valence-corrected chi connectivity index (χ0v) is 14.7. The van der Waals surface area contributed by atoms with Gasteiger partial charge in [0.25, 0.3) is 10.1 Å². The smallest absolute Gasteiger partial charge is 0.287 e. The first-order valence-corrected chi connectivity index (χ1v) is 10.7. The summed E-state index contributed by atoms with van der Waals surface area (Å²) in [5.41, 5.74) is 1.78. The van der Waals surface area contributed by atoms with E-state index in [1.54, 1.807) is 19.1 Å². The first-order valence-electron chi connectivity index (χ1n) is 6.40. The highest BCUT2D eigenvalue weighted by Crippen LogP contribution is 2.38. The lowest BCUT2D eigenvalue weighted by Gasteiger charge is -2.35. The molecule has 0 spiro atoms. The maximum atomic E-state index is 12.4. The van der Waals surface area contributed by atoms with Gasteiger partial charge in [0.05, 0.1) is 4.90 Å². The molecule has 19 heavy (non-hydrogen) atoms. The fraction of sp³-hybridized carbons (Fsp3) is 0.571. The molecular weight excluding hydrogens is 276 g/mol. The third kappa shape index (κ3) is 3.67. The summed E-state index contributed by atoms with van der Waals surface area (Å²) in [5, 5.41) is -0.140. The first-order chi connectivity index (χ1) is 8.37. The maximum Gasteiger partial charge on any atom is 0.287 e. The van der Waals surface area contributed by atoms with E-state index in [9.17, 15) is 8.42 Å². The van der Waals surface area contributed by atoms with Crippen LogP contribution in [0, 0.1) is 13.8 Å². The van der Waals surface area contributed by atoms with Crippen LogP contribution in [-0.4, -0.2) is 16.7 Å². The Hall–Kier alpha value is -0.653. The molecule has 0 saturated heterocycles. The topological polar surface area (TPSA) is 43.4 Å².